The van der Waals surface area contributed by atoms with Gasteiger partial charge in [-0.1, -0.05) is 0 Å². The Labute approximate surface area is 199 Å². The number of fused-ring (bicyclic) bond motifs is 1. The van der Waals surface area contributed by atoms with Crippen molar-refractivity contribution in [3.8, 4) is 5.75 Å². The Morgan fingerprint density at radius 2 is 1.90 bits per heavy atom. The van der Waals surface area contributed by atoms with Crippen LogP contribution in [0.15, 0.2) is 39.3 Å². The van der Waals surface area contributed by atoms with Crippen molar-refractivity contribution in [1.29, 1.82) is 0 Å². The molecule has 3 rings (SSSR count). The molecule has 0 saturated carbocycles. The number of anilines is 1. The van der Waals surface area contributed by atoms with Gasteiger partial charge in [-0.2, -0.15) is 0 Å². The number of amides is 1. The van der Waals surface area contributed by atoms with Crippen molar-refractivity contribution < 1.29 is 19.4 Å². The van der Waals surface area contributed by atoms with Crippen molar-refractivity contribution in [3.63, 3.8) is 0 Å². The number of halogens is 3. The molecule has 29 heavy (non-hydrogen) atoms. The van der Waals surface area contributed by atoms with Crippen molar-refractivity contribution >= 4 is 83.7 Å². The van der Waals surface area contributed by atoms with Gasteiger partial charge in [0, 0.05) is 20.4 Å². The molecule has 152 valence electrons. The summed E-state index contributed by atoms with van der Waals surface area (Å²) in [6.45, 7) is 3.61. The fourth-order valence-electron chi connectivity index (χ4n) is 2.79. The summed E-state index contributed by atoms with van der Waals surface area (Å²) in [5.41, 5.74) is 2.27. The zero-order valence-corrected chi connectivity index (χ0v) is 21.0. The second-order valence-electron chi connectivity index (χ2n) is 7.30. The van der Waals surface area contributed by atoms with Crippen LogP contribution in [0.4, 0.5) is 5.69 Å². The number of carbonyl (C=O) groups is 2. The molecule has 0 fully saturated rings. The number of benzene rings is 2. The van der Waals surface area contributed by atoms with E-state index in [1.165, 1.54) is 0 Å². The first-order chi connectivity index (χ1) is 13.6. The molecule has 0 aromatic heterocycles. The Kier molecular flexibility index (Phi) is 6.74. The van der Waals surface area contributed by atoms with Crippen LogP contribution in [0.5, 0.6) is 5.75 Å². The molecule has 1 heterocycles. The second kappa shape index (κ2) is 8.77. The monoisotopic (exact) mass is 633 g/mol. The number of ether oxygens (including phenoxy) is 1. The van der Waals surface area contributed by atoms with E-state index < -0.39 is 11.4 Å². The van der Waals surface area contributed by atoms with E-state index in [4.69, 9.17) is 4.74 Å². The third kappa shape index (κ3) is 5.03. The summed E-state index contributed by atoms with van der Waals surface area (Å²) in [6.07, 6.45) is 2.21. The van der Waals surface area contributed by atoms with E-state index in [1.807, 2.05) is 36.4 Å². The molecule has 2 N–H and O–H groups in total. The van der Waals surface area contributed by atoms with Crippen molar-refractivity contribution in [2.75, 3.05) is 11.9 Å². The number of aliphatic carboxylic acids is 1. The third-order valence-corrected chi connectivity index (χ3v) is 6.50. The van der Waals surface area contributed by atoms with Gasteiger partial charge in [0.1, 0.15) is 5.75 Å². The summed E-state index contributed by atoms with van der Waals surface area (Å²) in [6, 6.07) is 9.57. The van der Waals surface area contributed by atoms with Crippen LogP contribution in [0.25, 0.3) is 11.6 Å². The molecule has 1 aliphatic rings. The molecule has 0 aliphatic carbocycles. The highest BCUT2D eigenvalue weighted by Gasteiger charge is 2.27. The Morgan fingerprint density at radius 1 is 1.24 bits per heavy atom. The Morgan fingerprint density at radius 3 is 2.52 bits per heavy atom. The van der Waals surface area contributed by atoms with E-state index in [0.29, 0.717) is 26.7 Å². The maximum Gasteiger partial charge on any atom is 0.309 e. The summed E-state index contributed by atoms with van der Waals surface area (Å²) >= 11 is 9.25. The Hall–Kier alpha value is -1.39. The van der Waals surface area contributed by atoms with Gasteiger partial charge in [0.2, 0.25) is 0 Å². The van der Waals surface area contributed by atoms with Gasteiger partial charge in [-0.15, -0.1) is 0 Å². The van der Waals surface area contributed by atoms with E-state index in [1.54, 1.807) is 13.8 Å². The van der Waals surface area contributed by atoms with Crippen molar-refractivity contribution in [2.24, 2.45) is 5.41 Å². The fourth-order valence-corrected chi connectivity index (χ4v) is 4.73. The molecule has 1 aliphatic heterocycles. The predicted molar refractivity (Wildman–Crippen MR) is 129 cm³/mol. The number of nitrogens with one attached hydrogen (secondary N) is 1. The smallest absolute Gasteiger partial charge is 0.309 e. The van der Waals surface area contributed by atoms with Gasteiger partial charge < -0.3 is 15.2 Å². The van der Waals surface area contributed by atoms with Gasteiger partial charge in [0.15, 0.2) is 0 Å². The number of hydrogen-bond acceptors (Lipinski definition) is 3. The summed E-state index contributed by atoms with van der Waals surface area (Å²) in [5.74, 6) is -0.393. The number of carboxylic acids is 1. The first kappa shape index (κ1) is 22.3. The van der Waals surface area contributed by atoms with Crippen LogP contribution >= 0.6 is 54.5 Å². The molecule has 0 unspecified atom stereocenters. The predicted octanol–water partition coefficient (Wildman–Crippen LogP) is 6.19. The zero-order valence-electron chi connectivity index (χ0n) is 15.7. The lowest BCUT2D eigenvalue weighted by Gasteiger charge is -2.19. The lowest BCUT2D eigenvalue weighted by atomic mass is 9.90. The van der Waals surface area contributed by atoms with Gasteiger partial charge in [0.05, 0.1) is 21.0 Å². The lowest BCUT2D eigenvalue weighted by molar-refractivity contribution is -0.147. The molecule has 0 atom stereocenters. The normalized spacial score (nSPS) is 14.7. The summed E-state index contributed by atoms with van der Waals surface area (Å²) in [7, 11) is 0. The number of carboxylic acid groups (broad SMARTS) is 1. The molecule has 0 radical (unpaired) electrons. The molecule has 8 heteroatoms. The zero-order chi connectivity index (χ0) is 21.3. The molecule has 0 bridgehead atoms. The lowest BCUT2D eigenvalue weighted by Crippen LogP contribution is -2.25. The first-order valence-corrected chi connectivity index (χ1v) is 11.4. The average Bonchev–Trinajstić information content (AvgIpc) is 2.92. The molecule has 2 aromatic rings. The largest absolute Gasteiger partial charge is 0.491 e. The molecular formula is C21H18Br2INO4. The van der Waals surface area contributed by atoms with Crippen LogP contribution < -0.4 is 10.1 Å². The maximum absolute atomic E-state index is 12.4. The van der Waals surface area contributed by atoms with Crippen LogP contribution in [0, 0.1) is 8.99 Å². The molecule has 1 amide bonds. The van der Waals surface area contributed by atoms with E-state index >= 15 is 0 Å². The van der Waals surface area contributed by atoms with E-state index in [9.17, 15) is 14.7 Å². The van der Waals surface area contributed by atoms with Crippen molar-refractivity contribution in [3.05, 3.63) is 54.0 Å². The Bertz CT molecular complexity index is 1010. The van der Waals surface area contributed by atoms with Gasteiger partial charge in [-0.3, -0.25) is 9.59 Å². The molecule has 5 nitrogen and oxygen atoms in total. The summed E-state index contributed by atoms with van der Waals surface area (Å²) in [5, 5.41) is 12.1. The minimum atomic E-state index is -0.857. The van der Waals surface area contributed by atoms with Gasteiger partial charge >= 0.3 is 5.97 Å². The quantitative estimate of drug-likeness (QED) is 0.294. The van der Waals surface area contributed by atoms with Gasteiger partial charge in [-0.05, 0) is 117 Å². The highest BCUT2D eigenvalue weighted by atomic mass is 127. The summed E-state index contributed by atoms with van der Waals surface area (Å²) < 4.78 is 8.30. The highest BCUT2D eigenvalue weighted by molar-refractivity contribution is 14.1. The SMILES string of the molecule is CC(C)(CCOc1c(Br)cc(C=C2C(=O)Nc3ccc(I)cc32)cc1Br)C(=O)O. The van der Waals surface area contributed by atoms with Crippen molar-refractivity contribution in [2.45, 2.75) is 20.3 Å². The number of rotatable bonds is 6. The van der Waals surface area contributed by atoms with Crippen LogP contribution in [0.3, 0.4) is 0 Å². The molecular weight excluding hydrogens is 617 g/mol. The molecule has 2 aromatic carbocycles. The van der Waals surface area contributed by atoms with Gasteiger partial charge in [0.25, 0.3) is 5.91 Å². The van der Waals surface area contributed by atoms with Crippen LogP contribution in [-0.4, -0.2) is 23.6 Å². The average molecular weight is 635 g/mol. The maximum atomic E-state index is 12.4. The van der Waals surface area contributed by atoms with E-state index in [-0.39, 0.29) is 12.5 Å². The minimum Gasteiger partial charge on any atom is -0.491 e. The molecule has 0 saturated heterocycles. The number of hydrogen-bond donors (Lipinski definition) is 2. The van der Waals surface area contributed by atoms with Gasteiger partial charge in [-0.25, -0.2) is 0 Å². The highest BCUT2D eigenvalue weighted by Crippen LogP contribution is 2.38. The fraction of sp³-hybridized carbons (Fsp3) is 0.238. The second-order valence-corrected chi connectivity index (χ2v) is 10.3. The first-order valence-electron chi connectivity index (χ1n) is 8.77. The van der Waals surface area contributed by atoms with Crippen LogP contribution in [0.1, 0.15) is 31.4 Å². The molecule has 0 spiro atoms. The van der Waals surface area contributed by atoms with E-state index in [2.05, 4.69) is 59.8 Å². The van der Waals surface area contributed by atoms with Crippen LogP contribution in [0.2, 0.25) is 0 Å². The Balaban J connectivity index is 1.83. The van der Waals surface area contributed by atoms with Crippen LogP contribution in [-0.2, 0) is 9.59 Å². The van der Waals surface area contributed by atoms with E-state index in [0.717, 1.165) is 20.4 Å². The topological polar surface area (TPSA) is 75.6 Å². The minimum absolute atomic E-state index is 0.134. The number of carbonyl (C=O) groups excluding carboxylic acids is 1. The summed E-state index contributed by atoms with van der Waals surface area (Å²) in [4.78, 5) is 23.6. The third-order valence-electron chi connectivity index (χ3n) is 4.65. The van der Waals surface area contributed by atoms with Crippen molar-refractivity contribution in [1.82, 2.24) is 0 Å². The standard InChI is InChI=1S/C21H18Br2INO4/c1-21(2,20(27)28)5-6-29-18-15(22)8-11(9-16(18)23)7-14-13-10-12(24)3-4-17(13)25-19(14)26/h3-4,7-10H,5-6H2,1-2H3,(H,25,26)(H,27,28).